The molecule has 6 nitrogen and oxygen atoms in total. The van der Waals surface area contributed by atoms with E-state index in [2.05, 4.69) is 5.32 Å². The van der Waals surface area contributed by atoms with Crippen molar-refractivity contribution in [2.24, 2.45) is 0 Å². The molecule has 2 aromatic carbocycles. The van der Waals surface area contributed by atoms with Gasteiger partial charge in [0.2, 0.25) is 15.9 Å². The van der Waals surface area contributed by atoms with E-state index in [9.17, 15) is 13.2 Å². The lowest BCUT2D eigenvalue weighted by Crippen LogP contribution is -2.47. The molecule has 0 saturated carbocycles. The number of aryl methyl sites for hydroxylation is 3. The molecule has 1 N–H and O–H groups in total. The van der Waals surface area contributed by atoms with E-state index in [1.54, 1.807) is 29.2 Å². The third-order valence-electron chi connectivity index (χ3n) is 5.70. The van der Waals surface area contributed by atoms with Crippen LogP contribution >= 0.6 is 11.6 Å². The lowest BCUT2D eigenvalue weighted by molar-refractivity contribution is -0.131. The highest BCUT2D eigenvalue weighted by Gasteiger charge is 2.28. The van der Waals surface area contributed by atoms with Gasteiger partial charge in [-0.05, 0) is 61.2 Å². The molecule has 0 bridgehead atoms. The molecule has 1 fully saturated rings. The minimum Gasteiger partial charge on any atom is -0.340 e. The fraction of sp³-hybridized carbons (Fsp3) is 0.435. The maximum absolute atomic E-state index is 13.7. The predicted octanol–water partition coefficient (Wildman–Crippen LogP) is 3.28. The number of carbonyl (C=O) groups is 1. The van der Waals surface area contributed by atoms with Crippen molar-refractivity contribution in [1.82, 2.24) is 14.5 Å². The minimum atomic E-state index is -3.80. The molecule has 0 unspecified atom stereocenters. The maximum atomic E-state index is 13.7. The minimum absolute atomic E-state index is 0.0235. The van der Waals surface area contributed by atoms with Crippen molar-refractivity contribution in [2.75, 3.05) is 32.7 Å². The molecule has 1 saturated heterocycles. The van der Waals surface area contributed by atoms with Crippen molar-refractivity contribution >= 4 is 27.5 Å². The standard InChI is InChI=1S/C23H30ClN3O3S/c1-17-13-19(3)22(14-18(17)2)31(29,30)27(16-20-5-4-6-21(24)15-20)10-7-23(28)26-11-8-25-9-12-26/h4-6,13-15,25H,7-12,16H2,1-3H3. The van der Waals surface area contributed by atoms with Gasteiger partial charge in [-0.1, -0.05) is 29.8 Å². The van der Waals surface area contributed by atoms with Crippen LogP contribution in [0.25, 0.3) is 0 Å². The van der Waals surface area contributed by atoms with Crippen molar-refractivity contribution in [3.05, 3.63) is 63.7 Å². The van der Waals surface area contributed by atoms with Gasteiger partial charge in [-0.25, -0.2) is 8.42 Å². The van der Waals surface area contributed by atoms with E-state index in [-0.39, 0.29) is 30.3 Å². The molecule has 2 aromatic rings. The lowest BCUT2D eigenvalue weighted by Gasteiger charge is -2.29. The largest absolute Gasteiger partial charge is 0.340 e. The van der Waals surface area contributed by atoms with Crippen LogP contribution in [-0.4, -0.2) is 56.3 Å². The third-order valence-corrected chi connectivity index (χ3v) is 7.92. The summed E-state index contributed by atoms with van der Waals surface area (Å²) in [7, 11) is -3.80. The quantitative estimate of drug-likeness (QED) is 0.684. The van der Waals surface area contributed by atoms with Crippen LogP contribution in [0.2, 0.25) is 5.02 Å². The Morgan fingerprint density at radius 2 is 1.74 bits per heavy atom. The van der Waals surface area contributed by atoms with E-state index in [0.717, 1.165) is 29.8 Å². The van der Waals surface area contributed by atoms with Crippen LogP contribution in [0, 0.1) is 20.8 Å². The Labute approximate surface area is 190 Å². The average Bonchev–Trinajstić information content (AvgIpc) is 2.74. The van der Waals surface area contributed by atoms with Crippen LogP contribution in [0.5, 0.6) is 0 Å². The molecule has 1 heterocycles. The molecule has 8 heteroatoms. The monoisotopic (exact) mass is 463 g/mol. The molecule has 0 atom stereocenters. The first kappa shape index (κ1) is 23.7. The first-order chi connectivity index (χ1) is 14.7. The molecule has 1 amide bonds. The average molecular weight is 464 g/mol. The summed E-state index contributed by atoms with van der Waals surface area (Å²) in [4.78, 5) is 14.8. The number of rotatable bonds is 7. The summed E-state index contributed by atoms with van der Waals surface area (Å²) in [6.07, 6.45) is 0.143. The van der Waals surface area contributed by atoms with Gasteiger partial charge in [0.1, 0.15) is 0 Å². The Hall–Kier alpha value is -1.93. The van der Waals surface area contributed by atoms with E-state index in [4.69, 9.17) is 11.6 Å². The van der Waals surface area contributed by atoms with Gasteiger partial charge >= 0.3 is 0 Å². The predicted molar refractivity (Wildman–Crippen MR) is 124 cm³/mol. The zero-order chi connectivity index (χ0) is 22.6. The lowest BCUT2D eigenvalue weighted by atomic mass is 10.1. The van der Waals surface area contributed by atoms with Gasteiger partial charge in [0, 0.05) is 50.7 Å². The number of nitrogens with one attached hydrogen (secondary N) is 1. The number of hydrogen-bond acceptors (Lipinski definition) is 4. The summed E-state index contributed by atoms with van der Waals surface area (Å²) in [5.74, 6) is -0.0235. The second-order valence-electron chi connectivity index (χ2n) is 8.05. The number of sulfonamides is 1. The second kappa shape index (κ2) is 10.1. The molecular weight excluding hydrogens is 434 g/mol. The van der Waals surface area contributed by atoms with Crippen molar-refractivity contribution < 1.29 is 13.2 Å². The highest BCUT2D eigenvalue weighted by Crippen LogP contribution is 2.26. The number of nitrogens with zero attached hydrogens (tertiary/aromatic N) is 2. The molecule has 0 radical (unpaired) electrons. The second-order valence-corrected chi connectivity index (χ2v) is 10.4. The number of hydrogen-bond donors (Lipinski definition) is 1. The number of benzene rings is 2. The summed E-state index contributed by atoms with van der Waals surface area (Å²) < 4.78 is 28.7. The normalized spacial score (nSPS) is 14.8. The van der Waals surface area contributed by atoms with Crippen LogP contribution in [0.4, 0.5) is 0 Å². The van der Waals surface area contributed by atoms with E-state index in [1.165, 1.54) is 4.31 Å². The van der Waals surface area contributed by atoms with Crippen molar-refractivity contribution in [3.8, 4) is 0 Å². The topological polar surface area (TPSA) is 69.7 Å². The molecule has 1 aliphatic heterocycles. The van der Waals surface area contributed by atoms with E-state index in [1.807, 2.05) is 32.9 Å². The van der Waals surface area contributed by atoms with Crippen LogP contribution in [0.15, 0.2) is 41.3 Å². The van der Waals surface area contributed by atoms with Crippen LogP contribution in [0.1, 0.15) is 28.7 Å². The molecule has 0 spiro atoms. The molecule has 3 rings (SSSR count). The zero-order valence-corrected chi connectivity index (χ0v) is 19.9. The van der Waals surface area contributed by atoms with E-state index in [0.29, 0.717) is 23.7 Å². The van der Waals surface area contributed by atoms with E-state index >= 15 is 0 Å². The SMILES string of the molecule is Cc1cc(C)c(S(=O)(=O)N(CCC(=O)N2CCNCC2)Cc2cccc(Cl)c2)cc1C. The van der Waals surface area contributed by atoms with Gasteiger partial charge in [-0.15, -0.1) is 0 Å². The molecular formula is C23H30ClN3O3S. The summed E-state index contributed by atoms with van der Waals surface area (Å²) in [5.41, 5.74) is 3.45. The first-order valence-corrected chi connectivity index (χ1v) is 12.3. The zero-order valence-electron chi connectivity index (χ0n) is 18.3. The van der Waals surface area contributed by atoms with Crippen LogP contribution < -0.4 is 5.32 Å². The summed E-state index contributed by atoms with van der Waals surface area (Å²) >= 11 is 6.12. The highest BCUT2D eigenvalue weighted by atomic mass is 35.5. The Morgan fingerprint density at radius 1 is 1.06 bits per heavy atom. The summed E-state index contributed by atoms with van der Waals surface area (Å²) in [5, 5.41) is 3.77. The Balaban J connectivity index is 1.88. The Bertz CT molecular complexity index is 1050. The molecule has 0 aromatic heterocycles. The van der Waals surface area contributed by atoms with Gasteiger partial charge < -0.3 is 10.2 Å². The van der Waals surface area contributed by atoms with Crippen molar-refractivity contribution in [3.63, 3.8) is 0 Å². The van der Waals surface area contributed by atoms with Crippen LogP contribution in [0.3, 0.4) is 0 Å². The first-order valence-electron chi connectivity index (χ1n) is 10.5. The number of carbonyl (C=O) groups excluding carboxylic acids is 1. The van der Waals surface area contributed by atoms with Gasteiger partial charge in [0.15, 0.2) is 0 Å². The molecule has 0 aliphatic carbocycles. The third kappa shape index (κ3) is 5.86. The number of piperazine rings is 1. The molecule has 31 heavy (non-hydrogen) atoms. The van der Waals surface area contributed by atoms with Crippen molar-refractivity contribution in [1.29, 1.82) is 0 Å². The summed E-state index contributed by atoms with van der Waals surface area (Å²) in [6.45, 7) is 8.77. The Morgan fingerprint density at radius 3 is 2.42 bits per heavy atom. The smallest absolute Gasteiger partial charge is 0.243 e. The fourth-order valence-electron chi connectivity index (χ4n) is 3.77. The Kier molecular flexibility index (Phi) is 7.75. The van der Waals surface area contributed by atoms with Crippen molar-refractivity contribution in [2.45, 2.75) is 38.6 Å². The van der Waals surface area contributed by atoms with E-state index < -0.39 is 10.0 Å². The molecule has 168 valence electrons. The number of halogens is 1. The summed E-state index contributed by atoms with van der Waals surface area (Å²) in [6, 6.07) is 10.8. The maximum Gasteiger partial charge on any atom is 0.243 e. The number of amides is 1. The fourth-order valence-corrected chi connectivity index (χ4v) is 5.70. The highest BCUT2D eigenvalue weighted by molar-refractivity contribution is 7.89. The molecule has 1 aliphatic rings. The van der Waals surface area contributed by atoms with Gasteiger partial charge in [-0.3, -0.25) is 4.79 Å². The van der Waals surface area contributed by atoms with Gasteiger partial charge in [0.25, 0.3) is 0 Å². The van der Waals surface area contributed by atoms with Gasteiger partial charge in [-0.2, -0.15) is 4.31 Å². The van der Waals surface area contributed by atoms with Gasteiger partial charge in [0.05, 0.1) is 4.90 Å². The van der Waals surface area contributed by atoms with Crippen LogP contribution in [-0.2, 0) is 21.4 Å².